The van der Waals surface area contributed by atoms with Crippen molar-refractivity contribution in [3.8, 4) is 0 Å². The van der Waals surface area contributed by atoms with E-state index in [4.69, 9.17) is 0 Å². The Hall–Kier alpha value is -4.57. The SMILES string of the molecule is CCC1(C(=O)N(CC(=O)Nc2ccc3c(c2)C[C@@]2(C3)C(=O)Nc3ncccc32)Cc2ccccc2CNC)CCN(C)C(=O)C1. The molecule has 0 saturated carbocycles. The zero-order chi connectivity index (χ0) is 31.8. The molecule has 3 N–H and O–H groups in total. The van der Waals surface area contributed by atoms with Crippen LogP contribution in [-0.2, 0) is 50.5 Å². The number of rotatable bonds is 9. The van der Waals surface area contributed by atoms with E-state index < -0.39 is 10.8 Å². The van der Waals surface area contributed by atoms with Crippen LogP contribution in [0.25, 0.3) is 0 Å². The van der Waals surface area contributed by atoms with Crippen LogP contribution >= 0.6 is 0 Å². The van der Waals surface area contributed by atoms with Gasteiger partial charge in [0.05, 0.1) is 10.8 Å². The van der Waals surface area contributed by atoms with Crippen molar-refractivity contribution in [2.24, 2.45) is 5.41 Å². The Labute approximate surface area is 263 Å². The summed E-state index contributed by atoms with van der Waals surface area (Å²) < 4.78 is 0. The van der Waals surface area contributed by atoms with Gasteiger partial charge in [-0.05, 0) is 73.2 Å². The molecule has 0 bridgehead atoms. The van der Waals surface area contributed by atoms with Crippen LogP contribution in [0.15, 0.2) is 60.8 Å². The summed E-state index contributed by atoms with van der Waals surface area (Å²) in [5, 5.41) is 9.12. The van der Waals surface area contributed by atoms with Crippen molar-refractivity contribution < 1.29 is 19.2 Å². The molecular formula is C35H40N6O4. The standard InChI is InChI=1S/C35H40N6O4/c1-4-34(13-15-40(3)30(43)19-34)33(45)41(21-25-9-6-5-8-24(25)20-36-2)22-29(42)38-27-12-11-23-17-35(18-26(23)16-27)28-10-7-14-37-31(28)39-32(35)44/h5-12,14,16,36H,4,13,15,17-22H2,1-3H3,(H,38,42)(H,37,39,44)/t34?,35-/m1/s1. The van der Waals surface area contributed by atoms with Crippen LogP contribution in [0.4, 0.5) is 11.5 Å². The molecule has 10 nitrogen and oxygen atoms in total. The first kappa shape index (κ1) is 30.5. The van der Waals surface area contributed by atoms with E-state index in [1.54, 1.807) is 23.0 Å². The summed E-state index contributed by atoms with van der Waals surface area (Å²) in [6, 6.07) is 17.4. The van der Waals surface area contributed by atoms with Gasteiger partial charge in [0.15, 0.2) is 0 Å². The first-order valence-electron chi connectivity index (χ1n) is 15.6. The second kappa shape index (κ2) is 12.1. The van der Waals surface area contributed by atoms with Gasteiger partial charge in [0.25, 0.3) is 0 Å². The van der Waals surface area contributed by atoms with E-state index in [2.05, 4.69) is 20.9 Å². The van der Waals surface area contributed by atoms with Gasteiger partial charge in [-0.2, -0.15) is 0 Å². The molecule has 1 saturated heterocycles. The Balaban J connectivity index is 1.23. The number of hydrogen-bond donors (Lipinski definition) is 3. The predicted octanol–water partition coefficient (Wildman–Crippen LogP) is 3.41. The molecule has 0 radical (unpaired) electrons. The topological polar surface area (TPSA) is 124 Å². The summed E-state index contributed by atoms with van der Waals surface area (Å²) in [4.78, 5) is 61.4. The van der Waals surface area contributed by atoms with E-state index in [1.807, 2.05) is 68.6 Å². The Morgan fingerprint density at radius 2 is 1.80 bits per heavy atom. The maximum absolute atomic E-state index is 14.3. The highest BCUT2D eigenvalue weighted by molar-refractivity contribution is 6.06. The van der Waals surface area contributed by atoms with Crippen LogP contribution in [0.3, 0.4) is 0 Å². The number of pyridine rings is 1. The number of nitrogens with one attached hydrogen (secondary N) is 3. The van der Waals surface area contributed by atoms with Crippen LogP contribution in [0.5, 0.6) is 0 Å². The second-order valence-electron chi connectivity index (χ2n) is 12.7. The van der Waals surface area contributed by atoms with Crippen molar-refractivity contribution in [2.75, 3.05) is 37.8 Å². The second-order valence-corrected chi connectivity index (χ2v) is 12.7. The normalized spacial score (nSPS) is 21.8. The predicted molar refractivity (Wildman–Crippen MR) is 171 cm³/mol. The van der Waals surface area contributed by atoms with Gasteiger partial charge in [-0.25, -0.2) is 4.98 Å². The molecule has 1 fully saturated rings. The Morgan fingerprint density at radius 3 is 2.56 bits per heavy atom. The molecule has 4 amide bonds. The van der Waals surface area contributed by atoms with E-state index in [9.17, 15) is 19.2 Å². The smallest absolute Gasteiger partial charge is 0.244 e. The van der Waals surface area contributed by atoms with Crippen LogP contribution in [-0.4, -0.2) is 65.6 Å². The van der Waals surface area contributed by atoms with Gasteiger partial charge in [0, 0.05) is 50.6 Å². The maximum atomic E-state index is 14.3. The molecule has 1 aromatic heterocycles. The van der Waals surface area contributed by atoms with Gasteiger partial charge in [0.1, 0.15) is 12.4 Å². The van der Waals surface area contributed by atoms with Crippen molar-refractivity contribution in [3.05, 3.63) is 88.6 Å². The zero-order valence-corrected chi connectivity index (χ0v) is 26.1. The summed E-state index contributed by atoms with van der Waals surface area (Å²) in [6.07, 6.45) is 3.97. The van der Waals surface area contributed by atoms with Gasteiger partial charge in [-0.3, -0.25) is 19.2 Å². The van der Waals surface area contributed by atoms with E-state index in [0.717, 1.165) is 27.8 Å². The fourth-order valence-corrected chi connectivity index (χ4v) is 7.19. The minimum absolute atomic E-state index is 0.0528. The molecule has 3 heterocycles. The summed E-state index contributed by atoms with van der Waals surface area (Å²) in [5.41, 5.74) is 4.03. The number of nitrogens with zero attached hydrogens (tertiary/aromatic N) is 3. The number of likely N-dealkylation sites (tertiary alicyclic amines) is 1. The average molecular weight is 609 g/mol. The highest BCUT2D eigenvalue weighted by Gasteiger charge is 2.51. The number of fused-ring (bicyclic) bond motifs is 3. The van der Waals surface area contributed by atoms with Gasteiger partial charge < -0.3 is 25.8 Å². The fraction of sp³-hybridized carbons (Fsp3) is 0.400. The lowest BCUT2D eigenvalue weighted by Gasteiger charge is -2.41. The average Bonchev–Trinajstić information content (AvgIpc) is 3.55. The summed E-state index contributed by atoms with van der Waals surface area (Å²) >= 11 is 0. The maximum Gasteiger partial charge on any atom is 0.244 e. The first-order valence-corrected chi connectivity index (χ1v) is 15.6. The van der Waals surface area contributed by atoms with Crippen LogP contribution in [0.1, 0.15) is 54.0 Å². The molecule has 10 heteroatoms. The minimum atomic E-state index is -0.850. The number of anilines is 2. The lowest BCUT2D eigenvalue weighted by atomic mass is 9.74. The van der Waals surface area contributed by atoms with Crippen LogP contribution < -0.4 is 16.0 Å². The number of amides is 4. The monoisotopic (exact) mass is 608 g/mol. The fourth-order valence-electron chi connectivity index (χ4n) is 7.19. The Morgan fingerprint density at radius 1 is 1.02 bits per heavy atom. The van der Waals surface area contributed by atoms with Crippen molar-refractivity contribution in [1.82, 2.24) is 20.1 Å². The van der Waals surface area contributed by atoms with Crippen molar-refractivity contribution in [1.29, 1.82) is 0 Å². The number of hydrogen-bond acceptors (Lipinski definition) is 6. The number of aromatic nitrogens is 1. The van der Waals surface area contributed by atoms with E-state index in [0.29, 0.717) is 50.3 Å². The Kier molecular flexibility index (Phi) is 8.18. The minimum Gasteiger partial charge on any atom is -0.346 e. The highest BCUT2D eigenvalue weighted by atomic mass is 16.2. The third kappa shape index (κ3) is 5.59. The molecule has 2 aliphatic heterocycles. The molecule has 1 spiro atoms. The molecule has 6 rings (SSSR count). The van der Waals surface area contributed by atoms with Crippen molar-refractivity contribution >= 4 is 35.1 Å². The summed E-state index contributed by atoms with van der Waals surface area (Å²) in [7, 11) is 3.63. The largest absolute Gasteiger partial charge is 0.346 e. The third-order valence-corrected chi connectivity index (χ3v) is 9.90. The summed E-state index contributed by atoms with van der Waals surface area (Å²) in [6.45, 7) is 3.18. The van der Waals surface area contributed by atoms with E-state index >= 15 is 0 Å². The van der Waals surface area contributed by atoms with Gasteiger partial charge in [-0.15, -0.1) is 0 Å². The van der Waals surface area contributed by atoms with Gasteiger partial charge in [0.2, 0.25) is 23.6 Å². The lowest BCUT2D eigenvalue weighted by Crippen LogP contribution is -2.52. The molecule has 1 aliphatic carbocycles. The molecule has 45 heavy (non-hydrogen) atoms. The number of carbonyl (C=O) groups excluding carboxylic acids is 4. The van der Waals surface area contributed by atoms with Crippen LogP contribution in [0, 0.1) is 5.41 Å². The van der Waals surface area contributed by atoms with Gasteiger partial charge >= 0.3 is 0 Å². The molecule has 3 aliphatic rings. The molecule has 234 valence electrons. The van der Waals surface area contributed by atoms with Crippen molar-refractivity contribution in [3.63, 3.8) is 0 Å². The number of piperidine rings is 1. The Bertz CT molecular complexity index is 1670. The van der Waals surface area contributed by atoms with Crippen molar-refractivity contribution in [2.45, 2.75) is 57.5 Å². The van der Waals surface area contributed by atoms with Gasteiger partial charge in [-0.1, -0.05) is 43.3 Å². The lowest BCUT2D eigenvalue weighted by molar-refractivity contribution is -0.154. The van der Waals surface area contributed by atoms with Crippen LogP contribution in [0.2, 0.25) is 0 Å². The molecule has 2 aromatic carbocycles. The zero-order valence-electron chi connectivity index (χ0n) is 26.1. The van der Waals surface area contributed by atoms with E-state index in [-0.39, 0.29) is 43.1 Å². The first-order chi connectivity index (χ1) is 21.7. The third-order valence-electron chi connectivity index (χ3n) is 9.90. The highest BCUT2D eigenvalue weighted by Crippen LogP contribution is 2.47. The molecule has 1 unspecified atom stereocenters. The molecule has 2 atom stereocenters. The van der Waals surface area contributed by atoms with E-state index in [1.165, 1.54) is 0 Å². The quantitative estimate of drug-likeness (QED) is 0.342. The molecule has 3 aromatic rings. The summed E-state index contributed by atoms with van der Waals surface area (Å²) in [5.74, 6) is 0.0164. The molecular weight excluding hydrogens is 568 g/mol. The number of benzene rings is 2. The number of carbonyl (C=O) groups is 4.